The van der Waals surface area contributed by atoms with Crippen molar-refractivity contribution >= 4 is 29.9 Å². The molecule has 132 valence electrons. The number of aliphatic imine (C=N–C) groups is 1. The molecule has 1 unspecified atom stereocenters. The Hall–Kier alpha value is -0.760. The van der Waals surface area contributed by atoms with Crippen molar-refractivity contribution in [3.8, 4) is 0 Å². The monoisotopic (exact) mass is 435 g/mol. The summed E-state index contributed by atoms with van der Waals surface area (Å²) in [5.41, 5.74) is 0. The summed E-state index contributed by atoms with van der Waals surface area (Å²) in [5, 5.41) is 6.94. The molecule has 1 aromatic rings. The minimum atomic E-state index is 0. The second kappa shape index (κ2) is 10.9. The first-order chi connectivity index (χ1) is 10.7. The van der Waals surface area contributed by atoms with E-state index < -0.39 is 0 Å². The van der Waals surface area contributed by atoms with Gasteiger partial charge in [-0.3, -0.25) is 4.99 Å². The Morgan fingerprint density at radius 2 is 2.22 bits per heavy atom. The van der Waals surface area contributed by atoms with Crippen LogP contribution in [0.4, 0.5) is 0 Å². The Labute approximate surface area is 156 Å². The molecule has 1 aromatic heterocycles. The molecule has 1 aliphatic carbocycles. The lowest BCUT2D eigenvalue weighted by atomic mass is 10.2. The number of hydrogen-bond donors (Lipinski definition) is 2. The lowest BCUT2D eigenvalue weighted by molar-refractivity contribution is 0.165. The van der Waals surface area contributed by atoms with Gasteiger partial charge in [-0.2, -0.15) is 0 Å². The largest absolute Gasteiger partial charge is 0.469 e. The van der Waals surface area contributed by atoms with Crippen LogP contribution in [0.25, 0.3) is 0 Å². The van der Waals surface area contributed by atoms with Crippen molar-refractivity contribution in [2.45, 2.75) is 39.2 Å². The van der Waals surface area contributed by atoms with E-state index in [-0.39, 0.29) is 24.0 Å². The summed E-state index contributed by atoms with van der Waals surface area (Å²) in [5.74, 6) is 3.14. The van der Waals surface area contributed by atoms with Gasteiger partial charge in [-0.1, -0.05) is 13.8 Å². The lowest BCUT2D eigenvalue weighted by Crippen LogP contribution is -2.47. The molecule has 23 heavy (non-hydrogen) atoms. The van der Waals surface area contributed by atoms with Crippen molar-refractivity contribution in [2.75, 3.05) is 26.8 Å². The van der Waals surface area contributed by atoms with E-state index >= 15 is 0 Å². The van der Waals surface area contributed by atoms with Crippen LogP contribution < -0.4 is 10.6 Å². The third kappa shape index (κ3) is 8.06. The van der Waals surface area contributed by atoms with Gasteiger partial charge < -0.3 is 19.8 Å². The third-order valence-corrected chi connectivity index (χ3v) is 3.72. The Bertz CT molecular complexity index is 445. The normalized spacial score (nSPS) is 16.1. The predicted octanol–water partition coefficient (Wildman–Crippen LogP) is 3.06. The molecule has 1 aliphatic rings. The van der Waals surface area contributed by atoms with Gasteiger partial charge in [-0.15, -0.1) is 24.0 Å². The topological polar surface area (TPSA) is 58.8 Å². The molecule has 5 nitrogen and oxygen atoms in total. The number of nitrogens with zero attached hydrogens (tertiary/aromatic N) is 1. The Balaban J connectivity index is 0.00000264. The lowest BCUT2D eigenvalue weighted by Gasteiger charge is -2.21. The number of nitrogens with one attached hydrogen (secondary N) is 2. The molecule has 0 saturated heterocycles. The highest BCUT2D eigenvalue weighted by Crippen LogP contribution is 2.32. The van der Waals surface area contributed by atoms with Gasteiger partial charge in [-0.05, 0) is 36.8 Å². The molecule has 1 heterocycles. The van der Waals surface area contributed by atoms with Crippen LogP contribution in [-0.2, 0) is 11.2 Å². The van der Waals surface area contributed by atoms with Crippen LogP contribution in [0.5, 0.6) is 0 Å². The minimum absolute atomic E-state index is 0. The molecule has 0 spiro atoms. The van der Waals surface area contributed by atoms with E-state index in [1.807, 2.05) is 12.1 Å². The van der Waals surface area contributed by atoms with Crippen molar-refractivity contribution < 1.29 is 9.15 Å². The van der Waals surface area contributed by atoms with Gasteiger partial charge in [0.25, 0.3) is 0 Å². The van der Waals surface area contributed by atoms with Crippen LogP contribution in [0.2, 0.25) is 0 Å². The van der Waals surface area contributed by atoms with Crippen LogP contribution in [-0.4, -0.2) is 38.8 Å². The van der Waals surface area contributed by atoms with Gasteiger partial charge in [0.1, 0.15) is 5.76 Å². The van der Waals surface area contributed by atoms with Crippen LogP contribution in [0.15, 0.2) is 27.8 Å². The van der Waals surface area contributed by atoms with Gasteiger partial charge in [-0.25, -0.2) is 0 Å². The molecule has 0 amide bonds. The van der Waals surface area contributed by atoms with E-state index in [1.54, 1.807) is 13.4 Å². The summed E-state index contributed by atoms with van der Waals surface area (Å²) in [6.07, 6.45) is 5.13. The predicted molar refractivity (Wildman–Crippen MR) is 104 cm³/mol. The maximum absolute atomic E-state index is 5.36. The quantitative estimate of drug-likeness (QED) is 0.356. The van der Waals surface area contributed by atoms with Gasteiger partial charge in [0, 0.05) is 26.6 Å². The highest BCUT2D eigenvalue weighted by atomic mass is 127. The smallest absolute Gasteiger partial charge is 0.191 e. The van der Waals surface area contributed by atoms with E-state index in [1.165, 1.54) is 12.8 Å². The maximum Gasteiger partial charge on any atom is 0.191 e. The van der Waals surface area contributed by atoms with Crippen LogP contribution in [0.1, 0.15) is 32.4 Å². The number of rotatable bonds is 9. The van der Waals surface area contributed by atoms with Crippen molar-refractivity contribution in [1.82, 2.24) is 10.6 Å². The summed E-state index contributed by atoms with van der Waals surface area (Å²) in [4.78, 5) is 4.68. The first kappa shape index (κ1) is 20.3. The molecule has 0 bridgehead atoms. The van der Waals surface area contributed by atoms with Crippen molar-refractivity contribution in [3.05, 3.63) is 24.2 Å². The number of hydrogen-bond acceptors (Lipinski definition) is 3. The van der Waals surface area contributed by atoms with Crippen molar-refractivity contribution in [1.29, 1.82) is 0 Å². The number of guanidine groups is 1. The standard InChI is InChI=1S/C17H29N3O2.HI/c1-13(2)11-19-17(18-9-8-15-5-4-10-22-15)20-16(12-21-3)14-6-7-14;/h4-5,10,13-14,16H,6-9,11-12H2,1-3H3,(H2,18,19,20);1H. The number of halogens is 1. The van der Waals surface area contributed by atoms with E-state index in [2.05, 4.69) is 29.5 Å². The zero-order valence-corrected chi connectivity index (χ0v) is 16.7. The Kier molecular flexibility index (Phi) is 9.62. The van der Waals surface area contributed by atoms with E-state index in [0.717, 1.165) is 43.8 Å². The molecule has 1 saturated carbocycles. The summed E-state index contributed by atoms with van der Waals surface area (Å²) >= 11 is 0. The van der Waals surface area contributed by atoms with Crippen molar-refractivity contribution in [3.63, 3.8) is 0 Å². The fourth-order valence-electron chi connectivity index (χ4n) is 2.33. The maximum atomic E-state index is 5.36. The molecule has 2 rings (SSSR count). The summed E-state index contributed by atoms with van der Waals surface area (Å²) < 4.78 is 10.7. The average molecular weight is 435 g/mol. The molecule has 0 radical (unpaired) electrons. The second-order valence-corrected chi connectivity index (χ2v) is 6.38. The number of furan rings is 1. The first-order valence-electron chi connectivity index (χ1n) is 8.25. The fourth-order valence-corrected chi connectivity index (χ4v) is 2.33. The van der Waals surface area contributed by atoms with Gasteiger partial charge >= 0.3 is 0 Å². The molecule has 6 heteroatoms. The molecule has 0 aromatic carbocycles. The molecule has 0 aliphatic heterocycles. The first-order valence-corrected chi connectivity index (χ1v) is 8.25. The highest BCUT2D eigenvalue weighted by Gasteiger charge is 2.31. The number of ether oxygens (including phenoxy) is 1. The zero-order chi connectivity index (χ0) is 15.8. The Morgan fingerprint density at radius 3 is 2.78 bits per heavy atom. The van der Waals surface area contributed by atoms with Gasteiger partial charge in [0.2, 0.25) is 0 Å². The SMILES string of the molecule is COCC(NC(=NCC(C)C)NCCc1ccco1)C1CC1.I. The summed E-state index contributed by atoms with van der Waals surface area (Å²) in [6, 6.07) is 4.27. The molecule has 1 fully saturated rings. The van der Waals surface area contributed by atoms with E-state index in [9.17, 15) is 0 Å². The zero-order valence-electron chi connectivity index (χ0n) is 14.4. The van der Waals surface area contributed by atoms with Crippen LogP contribution in [0, 0.1) is 11.8 Å². The molecule has 1 atom stereocenters. The van der Waals surface area contributed by atoms with Crippen LogP contribution >= 0.6 is 24.0 Å². The highest BCUT2D eigenvalue weighted by molar-refractivity contribution is 14.0. The van der Waals surface area contributed by atoms with Crippen LogP contribution in [0.3, 0.4) is 0 Å². The minimum Gasteiger partial charge on any atom is -0.469 e. The van der Waals surface area contributed by atoms with Crippen molar-refractivity contribution in [2.24, 2.45) is 16.8 Å². The molecule has 2 N–H and O–H groups in total. The number of methoxy groups -OCH3 is 1. The average Bonchev–Trinajstić information content (AvgIpc) is 3.21. The molecular weight excluding hydrogens is 405 g/mol. The molecular formula is C17H30IN3O2. The van der Waals surface area contributed by atoms with Gasteiger partial charge in [0.15, 0.2) is 5.96 Å². The summed E-state index contributed by atoms with van der Waals surface area (Å²) in [6.45, 7) is 6.71. The second-order valence-electron chi connectivity index (χ2n) is 6.38. The Morgan fingerprint density at radius 1 is 1.43 bits per heavy atom. The van der Waals surface area contributed by atoms with E-state index in [0.29, 0.717) is 12.0 Å². The summed E-state index contributed by atoms with van der Waals surface area (Å²) in [7, 11) is 1.76. The third-order valence-electron chi connectivity index (χ3n) is 3.72. The van der Waals surface area contributed by atoms with Gasteiger partial charge in [0.05, 0.1) is 18.9 Å². The van der Waals surface area contributed by atoms with E-state index in [4.69, 9.17) is 9.15 Å². The fraction of sp³-hybridized carbons (Fsp3) is 0.706.